The highest BCUT2D eigenvalue weighted by atomic mass is 16.2. The first-order chi connectivity index (χ1) is 10.2. The Balaban J connectivity index is 1.75. The van der Waals surface area contributed by atoms with Crippen molar-refractivity contribution in [3.8, 4) is 0 Å². The quantitative estimate of drug-likeness (QED) is 0.834. The first-order valence-corrected chi connectivity index (χ1v) is 7.68. The van der Waals surface area contributed by atoms with Crippen LogP contribution in [0.1, 0.15) is 32.1 Å². The van der Waals surface area contributed by atoms with E-state index in [2.05, 4.69) is 10.4 Å². The number of carbonyl (C=O) groups is 2. The van der Waals surface area contributed by atoms with Crippen LogP contribution in [0.2, 0.25) is 0 Å². The summed E-state index contributed by atoms with van der Waals surface area (Å²) < 4.78 is 1.86. The van der Waals surface area contributed by atoms with E-state index >= 15 is 0 Å². The summed E-state index contributed by atoms with van der Waals surface area (Å²) in [7, 11) is 1.61. The Morgan fingerprint density at radius 1 is 1.38 bits per heavy atom. The smallest absolute Gasteiger partial charge is 0.238 e. The second-order valence-electron chi connectivity index (χ2n) is 6.04. The molecule has 2 heterocycles. The predicted octanol–water partition coefficient (Wildman–Crippen LogP) is 0.790. The van der Waals surface area contributed by atoms with Crippen LogP contribution in [0.25, 0.3) is 0 Å². The Hall–Kier alpha value is -1.85. The molecule has 21 heavy (non-hydrogen) atoms. The van der Waals surface area contributed by atoms with Gasteiger partial charge in [0.05, 0.1) is 12.6 Å². The second-order valence-corrected chi connectivity index (χ2v) is 6.04. The van der Waals surface area contributed by atoms with Crippen molar-refractivity contribution in [1.82, 2.24) is 20.0 Å². The minimum absolute atomic E-state index is 0.0164. The van der Waals surface area contributed by atoms with E-state index in [0.29, 0.717) is 19.4 Å². The van der Waals surface area contributed by atoms with E-state index in [1.54, 1.807) is 13.2 Å². The van der Waals surface area contributed by atoms with Gasteiger partial charge in [-0.3, -0.25) is 14.3 Å². The van der Waals surface area contributed by atoms with Gasteiger partial charge in [0.25, 0.3) is 0 Å². The van der Waals surface area contributed by atoms with Crippen molar-refractivity contribution < 1.29 is 9.59 Å². The van der Waals surface area contributed by atoms with Gasteiger partial charge >= 0.3 is 0 Å². The van der Waals surface area contributed by atoms with Crippen molar-refractivity contribution in [2.24, 2.45) is 5.41 Å². The Bertz CT molecular complexity index is 522. The maximum absolute atomic E-state index is 12.9. The maximum atomic E-state index is 12.9. The highest BCUT2D eigenvalue weighted by Gasteiger charge is 2.53. The van der Waals surface area contributed by atoms with Crippen molar-refractivity contribution in [3.63, 3.8) is 0 Å². The fourth-order valence-electron chi connectivity index (χ4n) is 3.50. The SMILES string of the molecule is CNC(=O)C1(C(=O)N2CCCC2Cn2cccn2)CCC1. The van der Waals surface area contributed by atoms with E-state index in [1.807, 2.05) is 21.8 Å². The topological polar surface area (TPSA) is 67.2 Å². The highest BCUT2D eigenvalue weighted by Crippen LogP contribution is 2.44. The van der Waals surface area contributed by atoms with Crippen molar-refractivity contribution in [2.75, 3.05) is 13.6 Å². The summed E-state index contributed by atoms with van der Waals surface area (Å²) >= 11 is 0. The zero-order valence-electron chi connectivity index (χ0n) is 12.4. The predicted molar refractivity (Wildman–Crippen MR) is 77.3 cm³/mol. The molecule has 1 aromatic heterocycles. The summed E-state index contributed by atoms with van der Waals surface area (Å²) in [6.45, 7) is 1.46. The second kappa shape index (κ2) is 5.50. The number of rotatable bonds is 4. The molecule has 2 amide bonds. The number of likely N-dealkylation sites (tertiary alicyclic amines) is 1. The van der Waals surface area contributed by atoms with Gasteiger partial charge in [0.2, 0.25) is 11.8 Å². The molecule has 1 atom stereocenters. The molecule has 6 heteroatoms. The molecule has 114 valence electrons. The van der Waals surface area contributed by atoms with Crippen LogP contribution in [-0.4, -0.2) is 46.1 Å². The van der Waals surface area contributed by atoms with Crippen LogP contribution >= 0.6 is 0 Å². The Morgan fingerprint density at radius 3 is 2.76 bits per heavy atom. The number of aromatic nitrogens is 2. The zero-order valence-corrected chi connectivity index (χ0v) is 12.4. The Morgan fingerprint density at radius 2 is 2.19 bits per heavy atom. The molecule has 2 fully saturated rings. The molecule has 1 aromatic rings. The number of amides is 2. The van der Waals surface area contributed by atoms with Gasteiger partial charge in [-0.25, -0.2) is 0 Å². The fourth-order valence-corrected chi connectivity index (χ4v) is 3.50. The molecule has 1 aliphatic heterocycles. The average molecular weight is 290 g/mol. The minimum Gasteiger partial charge on any atom is -0.358 e. The van der Waals surface area contributed by atoms with Crippen LogP contribution in [-0.2, 0) is 16.1 Å². The third-order valence-corrected chi connectivity index (χ3v) is 4.87. The summed E-state index contributed by atoms with van der Waals surface area (Å²) in [6, 6.07) is 2.04. The van der Waals surface area contributed by atoms with E-state index < -0.39 is 5.41 Å². The summed E-state index contributed by atoms with van der Waals surface area (Å²) in [6.07, 6.45) is 7.96. The van der Waals surface area contributed by atoms with Gasteiger partial charge in [-0.05, 0) is 31.7 Å². The molecule has 1 saturated carbocycles. The lowest BCUT2D eigenvalue weighted by Crippen LogP contribution is -2.57. The largest absolute Gasteiger partial charge is 0.358 e. The summed E-state index contributed by atoms with van der Waals surface area (Å²) in [5.74, 6) is -0.105. The van der Waals surface area contributed by atoms with Crippen molar-refractivity contribution in [2.45, 2.75) is 44.7 Å². The molecule has 0 radical (unpaired) electrons. The van der Waals surface area contributed by atoms with Crippen LogP contribution in [0.3, 0.4) is 0 Å². The van der Waals surface area contributed by atoms with Crippen molar-refractivity contribution in [1.29, 1.82) is 0 Å². The van der Waals surface area contributed by atoms with E-state index in [9.17, 15) is 9.59 Å². The van der Waals surface area contributed by atoms with Gasteiger partial charge < -0.3 is 10.2 Å². The first-order valence-electron chi connectivity index (χ1n) is 7.68. The van der Waals surface area contributed by atoms with Gasteiger partial charge in [-0.2, -0.15) is 5.10 Å². The highest BCUT2D eigenvalue weighted by molar-refractivity contribution is 6.06. The third kappa shape index (κ3) is 2.32. The van der Waals surface area contributed by atoms with Crippen molar-refractivity contribution >= 4 is 11.8 Å². The van der Waals surface area contributed by atoms with Gasteiger partial charge in [-0.15, -0.1) is 0 Å². The van der Waals surface area contributed by atoms with Crippen LogP contribution in [0, 0.1) is 5.41 Å². The molecule has 3 rings (SSSR count). The Kier molecular flexibility index (Phi) is 3.69. The molecule has 1 saturated heterocycles. The van der Waals surface area contributed by atoms with Gasteiger partial charge in [-0.1, -0.05) is 6.42 Å². The average Bonchev–Trinajstić information content (AvgIpc) is 3.09. The molecule has 1 aliphatic carbocycles. The third-order valence-electron chi connectivity index (χ3n) is 4.87. The fraction of sp³-hybridized carbons (Fsp3) is 0.667. The van der Waals surface area contributed by atoms with E-state index in [4.69, 9.17) is 0 Å². The number of hydrogen-bond acceptors (Lipinski definition) is 3. The molecular weight excluding hydrogens is 268 g/mol. The molecule has 0 bridgehead atoms. The normalized spacial score (nSPS) is 23.7. The standard InChI is InChI=1S/C15H22N4O2/c1-16-13(20)15(6-3-7-15)14(21)19-10-2-5-12(19)11-18-9-4-8-17-18/h4,8-9,12H,2-3,5-7,10-11H2,1H3,(H,16,20). The van der Waals surface area contributed by atoms with Crippen LogP contribution in [0.15, 0.2) is 18.5 Å². The summed E-state index contributed by atoms with van der Waals surface area (Å²) in [5, 5.41) is 6.89. The van der Waals surface area contributed by atoms with Crippen LogP contribution in [0.5, 0.6) is 0 Å². The van der Waals surface area contributed by atoms with E-state index in [0.717, 1.165) is 25.8 Å². The minimum atomic E-state index is -0.804. The lowest BCUT2D eigenvalue weighted by atomic mass is 9.67. The lowest BCUT2D eigenvalue weighted by molar-refractivity contribution is -0.157. The van der Waals surface area contributed by atoms with Gasteiger partial charge in [0.1, 0.15) is 5.41 Å². The monoisotopic (exact) mass is 290 g/mol. The number of nitrogens with one attached hydrogen (secondary N) is 1. The lowest BCUT2D eigenvalue weighted by Gasteiger charge is -2.42. The molecule has 0 aromatic carbocycles. The number of hydrogen-bond donors (Lipinski definition) is 1. The molecular formula is C15H22N4O2. The van der Waals surface area contributed by atoms with Crippen molar-refractivity contribution in [3.05, 3.63) is 18.5 Å². The molecule has 6 nitrogen and oxygen atoms in total. The number of carbonyl (C=O) groups excluding carboxylic acids is 2. The number of nitrogens with zero attached hydrogens (tertiary/aromatic N) is 3. The van der Waals surface area contributed by atoms with Gasteiger partial charge in [0.15, 0.2) is 0 Å². The van der Waals surface area contributed by atoms with E-state index in [1.165, 1.54) is 0 Å². The molecule has 1 unspecified atom stereocenters. The molecule has 0 spiro atoms. The van der Waals surface area contributed by atoms with Gasteiger partial charge in [0, 0.05) is 26.0 Å². The molecule has 2 aliphatic rings. The van der Waals surface area contributed by atoms with Crippen LogP contribution < -0.4 is 5.32 Å². The summed E-state index contributed by atoms with van der Waals surface area (Å²) in [4.78, 5) is 27.0. The molecule has 1 N–H and O–H groups in total. The maximum Gasteiger partial charge on any atom is 0.238 e. The zero-order chi connectivity index (χ0) is 14.9. The van der Waals surface area contributed by atoms with E-state index in [-0.39, 0.29) is 17.9 Å². The summed E-state index contributed by atoms with van der Waals surface area (Å²) in [5.41, 5.74) is -0.804. The Labute approximate surface area is 124 Å². The van der Waals surface area contributed by atoms with Crippen LogP contribution in [0.4, 0.5) is 0 Å². The first kappa shape index (κ1) is 14.1.